The van der Waals surface area contributed by atoms with E-state index in [0.717, 1.165) is 28.8 Å². The van der Waals surface area contributed by atoms with Crippen LogP contribution in [-0.2, 0) is 6.54 Å². The van der Waals surface area contributed by atoms with Crippen LogP contribution in [0.1, 0.15) is 11.1 Å². The van der Waals surface area contributed by atoms with E-state index in [-0.39, 0.29) is 0 Å². The van der Waals surface area contributed by atoms with Crippen molar-refractivity contribution in [3.8, 4) is 0 Å². The Balaban J connectivity index is 1.88. The summed E-state index contributed by atoms with van der Waals surface area (Å²) in [5, 5.41) is 4.36. The van der Waals surface area contributed by atoms with E-state index in [9.17, 15) is 0 Å². The van der Waals surface area contributed by atoms with Gasteiger partial charge in [0.2, 0.25) is 0 Å². The minimum Gasteiger partial charge on any atom is -0.397 e. The van der Waals surface area contributed by atoms with Gasteiger partial charge >= 0.3 is 0 Å². The molecule has 0 fully saturated rings. The zero-order chi connectivity index (χ0) is 13.9. The van der Waals surface area contributed by atoms with Gasteiger partial charge in [-0.15, -0.1) is 0 Å². The van der Waals surface area contributed by atoms with Gasteiger partial charge in [0, 0.05) is 30.5 Å². The maximum atomic E-state index is 6.21. The van der Waals surface area contributed by atoms with Gasteiger partial charge < -0.3 is 11.1 Å². The molecule has 0 aliphatic rings. The van der Waals surface area contributed by atoms with Crippen LogP contribution < -0.4 is 11.1 Å². The van der Waals surface area contributed by atoms with Crippen molar-refractivity contribution in [2.45, 2.75) is 13.5 Å². The SMILES string of the molecule is Cc1cnccc1CNc1ccc2ncccc2c1N. The number of aryl methyl sites for hydroxylation is 1. The monoisotopic (exact) mass is 264 g/mol. The third kappa shape index (κ3) is 2.28. The molecule has 0 bridgehead atoms. The highest BCUT2D eigenvalue weighted by Crippen LogP contribution is 2.27. The van der Waals surface area contributed by atoms with Crippen molar-refractivity contribution < 1.29 is 0 Å². The highest BCUT2D eigenvalue weighted by atomic mass is 14.9. The van der Waals surface area contributed by atoms with Gasteiger partial charge in [-0.3, -0.25) is 9.97 Å². The van der Waals surface area contributed by atoms with Gasteiger partial charge in [-0.25, -0.2) is 0 Å². The molecule has 1 aromatic carbocycles. The van der Waals surface area contributed by atoms with Crippen molar-refractivity contribution in [3.63, 3.8) is 0 Å². The van der Waals surface area contributed by atoms with E-state index >= 15 is 0 Å². The van der Waals surface area contributed by atoms with Crippen molar-refractivity contribution in [3.05, 3.63) is 60.0 Å². The van der Waals surface area contributed by atoms with Crippen molar-refractivity contribution >= 4 is 22.3 Å². The molecule has 3 rings (SSSR count). The molecule has 4 heteroatoms. The molecule has 2 heterocycles. The lowest BCUT2D eigenvalue weighted by molar-refractivity contribution is 1.09. The molecular formula is C16H16N4. The fourth-order valence-electron chi connectivity index (χ4n) is 2.22. The lowest BCUT2D eigenvalue weighted by Crippen LogP contribution is -2.04. The molecule has 100 valence electrons. The molecule has 0 aliphatic carbocycles. The van der Waals surface area contributed by atoms with Crippen LogP contribution in [0.5, 0.6) is 0 Å². The number of nitrogens with zero attached hydrogens (tertiary/aromatic N) is 2. The predicted octanol–water partition coefficient (Wildman–Crippen LogP) is 3.13. The van der Waals surface area contributed by atoms with E-state index in [0.29, 0.717) is 0 Å². The highest BCUT2D eigenvalue weighted by Gasteiger charge is 2.05. The Morgan fingerprint density at radius 1 is 1.15 bits per heavy atom. The first kappa shape index (κ1) is 12.4. The van der Waals surface area contributed by atoms with Gasteiger partial charge in [0.15, 0.2) is 0 Å². The first-order valence-corrected chi connectivity index (χ1v) is 6.52. The summed E-state index contributed by atoms with van der Waals surface area (Å²) in [7, 11) is 0. The second kappa shape index (κ2) is 5.17. The Labute approximate surface area is 117 Å². The zero-order valence-corrected chi connectivity index (χ0v) is 11.3. The number of hydrogen-bond acceptors (Lipinski definition) is 4. The number of fused-ring (bicyclic) bond motifs is 1. The quantitative estimate of drug-likeness (QED) is 0.713. The number of rotatable bonds is 3. The van der Waals surface area contributed by atoms with Gasteiger partial charge in [0.25, 0.3) is 0 Å². The molecular weight excluding hydrogens is 248 g/mol. The Morgan fingerprint density at radius 3 is 2.90 bits per heavy atom. The number of nitrogens with one attached hydrogen (secondary N) is 1. The predicted molar refractivity (Wildman–Crippen MR) is 82.5 cm³/mol. The molecule has 0 spiro atoms. The van der Waals surface area contributed by atoms with E-state index in [1.807, 2.05) is 36.5 Å². The summed E-state index contributed by atoms with van der Waals surface area (Å²) in [5.74, 6) is 0. The van der Waals surface area contributed by atoms with Crippen LogP contribution in [0.3, 0.4) is 0 Å². The average molecular weight is 264 g/mol. The van der Waals surface area contributed by atoms with Crippen LogP contribution in [0.25, 0.3) is 10.9 Å². The second-order valence-electron chi connectivity index (χ2n) is 4.75. The number of nitrogens with two attached hydrogens (primary N) is 1. The molecule has 4 nitrogen and oxygen atoms in total. The summed E-state index contributed by atoms with van der Waals surface area (Å²) in [6, 6.07) is 9.85. The van der Waals surface area contributed by atoms with E-state index in [2.05, 4.69) is 22.2 Å². The molecule has 0 radical (unpaired) electrons. The number of nitrogen functional groups attached to an aromatic ring is 1. The Kier molecular flexibility index (Phi) is 3.21. The van der Waals surface area contributed by atoms with Crippen molar-refractivity contribution in [1.29, 1.82) is 0 Å². The fraction of sp³-hybridized carbons (Fsp3) is 0.125. The molecule has 0 amide bonds. The average Bonchev–Trinajstić information content (AvgIpc) is 2.48. The summed E-state index contributed by atoms with van der Waals surface area (Å²) in [6.07, 6.45) is 5.44. The topological polar surface area (TPSA) is 63.8 Å². The third-order valence-corrected chi connectivity index (χ3v) is 3.43. The molecule has 0 atom stereocenters. The third-order valence-electron chi connectivity index (χ3n) is 3.43. The molecule has 0 unspecified atom stereocenters. The number of pyridine rings is 2. The van der Waals surface area contributed by atoms with Gasteiger partial charge in [0.1, 0.15) is 0 Å². The van der Waals surface area contributed by atoms with Crippen molar-refractivity contribution in [2.75, 3.05) is 11.1 Å². The van der Waals surface area contributed by atoms with Crippen molar-refractivity contribution in [2.24, 2.45) is 0 Å². The fourth-order valence-corrected chi connectivity index (χ4v) is 2.22. The van der Waals surface area contributed by atoms with E-state index in [1.165, 1.54) is 11.1 Å². The summed E-state index contributed by atoms with van der Waals surface area (Å²) >= 11 is 0. The Morgan fingerprint density at radius 2 is 2.05 bits per heavy atom. The number of benzene rings is 1. The first-order chi connectivity index (χ1) is 9.75. The summed E-state index contributed by atoms with van der Waals surface area (Å²) < 4.78 is 0. The van der Waals surface area contributed by atoms with Crippen LogP contribution in [0.4, 0.5) is 11.4 Å². The minimum atomic E-state index is 0.727. The van der Waals surface area contributed by atoms with Crippen LogP contribution in [0, 0.1) is 6.92 Å². The summed E-state index contributed by atoms with van der Waals surface area (Å²) in [4.78, 5) is 8.40. The second-order valence-corrected chi connectivity index (χ2v) is 4.75. The number of aromatic nitrogens is 2. The molecule has 0 saturated carbocycles. The first-order valence-electron chi connectivity index (χ1n) is 6.52. The van der Waals surface area contributed by atoms with Gasteiger partial charge in [-0.2, -0.15) is 0 Å². The molecule has 20 heavy (non-hydrogen) atoms. The normalized spacial score (nSPS) is 10.7. The van der Waals surface area contributed by atoms with E-state index in [4.69, 9.17) is 5.73 Å². The number of anilines is 2. The zero-order valence-electron chi connectivity index (χ0n) is 11.3. The molecule has 2 aromatic heterocycles. The Bertz CT molecular complexity index is 752. The summed E-state index contributed by atoms with van der Waals surface area (Å²) in [6.45, 7) is 2.78. The van der Waals surface area contributed by atoms with Crippen LogP contribution in [0.15, 0.2) is 48.9 Å². The van der Waals surface area contributed by atoms with Crippen LogP contribution in [0.2, 0.25) is 0 Å². The van der Waals surface area contributed by atoms with Gasteiger partial charge in [-0.05, 0) is 48.4 Å². The molecule has 0 saturated heterocycles. The Hall–Kier alpha value is -2.62. The van der Waals surface area contributed by atoms with Crippen LogP contribution in [-0.4, -0.2) is 9.97 Å². The molecule has 3 aromatic rings. The molecule has 3 N–H and O–H groups in total. The lowest BCUT2D eigenvalue weighted by atomic mass is 10.1. The largest absolute Gasteiger partial charge is 0.397 e. The maximum Gasteiger partial charge on any atom is 0.0724 e. The van der Waals surface area contributed by atoms with Gasteiger partial charge in [-0.1, -0.05) is 0 Å². The summed E-state index contributed by atoms with van der Waals surface area (Å²) in [5.41, 5.74) is 11.2. The lowest BCUT2D eigenvalue weighted by Gasteiger charge is -2.12. The standard InChI is InChI=1S/C16H16N4/c1-11-9-18-8-6-12(11)10-20-15-5-4-14-13(16(15)17)3-2-7-19-14/h2-9,20H,10,17H2,1H3. The highest BCUT2D eigenvalue weighted by molar-refractivity contribution is 5.96. The minimum absolute atomic E-state index is 0.727. The van der Waals surface area contributed by atoms with Crippen LogP contribution >= 0.6 is 0 Å². The van der Waals surface area contributed by atoms with E-state index in [1.54, 1.807) is 12.4 Å². The van der Waals surface area contributed by atoms with E-state index < -0.39 is 0 Å². The van der Waals surface area contributed by atoms with Crippen molar-refractivity contribution in [1.82, 2.24) is 9.97 Å². The number of hydrogen-bond donors (Lipinski definition) is 2. The maximum absolute atomic E-state index is 6.21. The smallest absolute Gasteiger partial charge is 0.0724 e. The van der Waals surface area contributed by atoms with Gasteiger partial charge in [0.05, 0.1) is 16.9 Å². The molecule has 0 aliphatic heterocycles.